The number of hydrogen-bond acceptors (Lipinski definition) is 2. The molecule has 3 rings (SSSR count). The molecule has 2 nitrogen and oxygen atoms in total. The van der Waals surface area contributed by atoms with Crippen molar-refractivity contribution in [3.8, 4) is 0 Å². The van der Waals surface area contributed by atoms with Crippen molar-refractivity contribution in [2.24, 2.45) is 17.8 Å². The highest BCUT2D eigenvalue weighted by atomic mass is 16.7. The zero-order valence-corrected chi connectivity index (χ0v) is 14.1. The Labute approximate surface area is 135 Å². The quantitative estimate of drug-likeness (QED) is 0.755. The molecule has 2 heteroatoms. The predicted octanol–water partition coefficient (Wildman–Crippen LogP) is 5.26. The van der Waals surface area contributed by atoms with E-state index in [0.29, 0.717) is 5.92 Å². The zero-order valence-electron chi connectivity index (χ0n) is 14.1. The van der Waals surface area contributed by atoms with Crippen molar-refractivity contribution in [3.05, 3.63) is 35.4 Å². The lowest BCUT2D eigenvalue weighted by Gasteiger charge is -2.37. The Morgan fingerprint density at radius 2 is 1.55 bits per heavy atom. The van der Waals surface area contributed by atoms with Crippen molar-refractivity contribution in [1.29, 1.82) is 0 Å². The van der Waals surface area contributed by atoms with Gasteiger partial charge in [0.25, 0.3) is 0 Å². The second-order valence-corrected chi connectivity index (χ2v) is 7.24. The highest BCUT2D eigenvalue weighted by Crippen LogP contribution is 2.38. The lowest BCUT2D eigenvalue weighted by Crippen LogP contribution is -2.34. The van der Waals surface area contributed by atoms with Gasteiger partial charge in [-0.3, -0.25) is 0 Å². The largest absolute Gasteiger partial charge is 0.348 e. The molecule has 1 saturated carbocycles. The van der Waals surface area contributed by atoms with Crippen LogP contribution in [0.1, 0.15) is 62.9 Å². The SMILES string of the molecule is CCCC1CCC([C@H]2CO[C@H](c3ccc(C)cc3)OC2)CC1. The van der Waals surface area contributed by atoms with Crippen molar-refractivity contribution < 1.29 is 9.47 Å². The van der Waals surface area contributed by atoms with Gasteiger partial charge in [0, 0.05) is 11.5 Å². The van der Waals surface area contributed by atoms with Gasteiger partial charge in [-0.15, -0.1) is 0 Å². The molecule has 1 aliphatic carbocycles. The lowest BCUT2D eigenvalue weighted by molar-refractivity contribution is -0.214. The molecule has 1 aromatic carbocycles. The van der Waals surface area contributed by atoms with Gasteiger partial charge in [0.15, 0.2) is 6.29 Å². The Bertz CT molecular complexity index is 437. The summed E-state index contributed by atoms with van der Waals surface area (Å²) in [5.74, 6) is 2.39. The molecule has 0 spiro atoms. The highest BCUT2D eigenvalue weighted by molar-refractivity contribution is 5.22. The number of aryl methyl sites for hydroxylation is 1. The van der Waals surface area contributed by atoms with Crippen LogP contribution in [0.2, 0.25) is 0 Å². The molecule has 0 bridgehead atoms. The number of benzene rings is 1. The van der Waals surface area contributed by atoms with E-state index in [1.54, 1.807) is 0 Å². The van der Waals surface area contributed by atoms with E-state index >= 15 is 0 Å². The second-order valence-electron chi connectivity index (χ2n) is 7.24. The minimum atomic E-state index is -0.159. The summed E-state index contributed by atoms with van der Waals surface area (Å²) in [6.45, 7) is 6.14. The van der Waals surface area contributed by atoms with Crippen LogP contribution in [-0.4, -0.2) is 13.2 Å². The van der Waals surface area contributed by atoms with E-state index in [4.69, 9.17) is 9.47 Å². The molecule has 1 aliphatic heterocycles. The van der Waals surface area contributed by atoms with Gasteiger partial charge in [0.2, 0.25) is 0 Å². The van der Waals surface area contributed by atoms with Gasteiger partial charge in [-0.25, -0.2) is 0 Å². The summed E-state index contributed by atoms with van der Waals surface area (Å²) >= 11 is 0. The first-order valence-corrected chi connectivity index (χ1v) is 9.06. The maximum atomic E-state index is 6.02. The minimum absolute atomic E-state index is 0.159. The van der Waals surface area contributed by atoms with Crippen LogP contribution in [0.4, 0.5) is 0 Å². The Morgan fingerprint density at radius 3 is 2.14 bits per heavy atom. The highest BCUT2D eigenvalue weighted by Gasteiger charge is 2.32. The third kappa shape index (κ3) is 3.91. The second kappa shape index (κ2) is 7.61. The van der Waals surface area contributed by atoms with Gasteiger partial charge in [0.05, 0.1) is 13.2 Å². The van der Waals surface area contributed by atoms with Crippen molar-refractivity contribution in [1.82, 2.24) is 0 Å². The molecule has 0 amide bonds. The van der Waals surface area contributed by atoms with E-state index in [1.807, 2.05) is 0 Å². The van der Waals surface area contributed by atoms with Crippen LogP contribution in [0.25, 0.3) is 0 Å². The van der Waals surface area contributed by atoms with Crippen molar-refractivity contribution in [2.45, 2.75) is 58.7 Å². The number of hydrogen-bond donors (Lipinski definition) is 0. The van der Waals surface area contributed by atoms with E-state index in [2.05, 4.69) is 38.1 Å². The molecule has 122 valence electrons. The standard InChI is InChI=1S/C20H30O2/c1-3-4-16-7-11-17(12-8-16)19-13-21-20(22-14-19)18-9-5-15(2)6-10-18/h5-6,9-10,16-17,19-20H,3-4,7-8,11-14H2,1-2H3/t16?,17?,19-,20-. The van der Waals surface area contributed by atoms with Crippen LogP contribution in [0.5, 0.6) is 0 Å². The van der Waals surface area contributed by atoms with Crippen LogP contribution in [-0.2, 0) is 9.47 Å². The summed E-state index contributed by atoms with van der Waals surface area (Å²) in [5.41, 5.74) is 2.43. The first-order valence-electron chi connectivity index (χ1n) is 9.06. The average Bonchev–Trinajstić information content (AvgIpc) is 2.57. The first kappa shape index (κ1) is 16.0. The van der Waals surface area contributed by atoms with Gasteiger partial charge in [-0.05, 0) is 31.6 Å². The molecule has 22 heavy (non-hydrogen) atoms. The topological polar surface area (TPSA) is 18.5 Å². The monoisotopic (exact) mass is 302 g/mol. The minimum Gasteiger partial charge on any atom is -0.348 e. The lowest BCUT2D eigenvalue weighted by atomic mass is 9.75. The fourth-order valence-corrected chi connectivity index (χ4v) is 4.06. The van der Waals surface area contributed by atoms with Crippen LogP contribution in [0.3, 0.4) is 0 Å². The molecule has 1 aromatic rings. The molecule has 1 heterocycles. The van der Waals surface area contributed by atoms with Gasteiger partial charge < -0.3 is 9.47 Å². The fraction of sp³-hybridized carbons (Fsp3) is 0.700. The van der Waals surface area contributed by atoms with Crippen molar-refractivity contribution in [3.63, 3.8) is 0 Å². The molecule has 2 fully saturated rings. The van der Waals surface area contributed by atoms with Crippen molar-refractivity contribution in [2.75, 3.05) is 13.2 Å². The summed E-state index contributed by atoms with van der Waals surface area (Å²) in [5, 5.41) is 0. The molecule has 0 unspecified atom stereocenters. The molecular weight excluding hydrogens is 272 g/mol. The molecule has 0 aromatic heterocycles. The Kier molecular flexibility index (Phi) is 5.54. The van der Waals surface area contributed by atoms with E-state index in [1.165, 1.54) is 44.1 Å². The first-order chi connectivity index (χ1) is 10.8. The molecular formula is C20H30O2. The average molecular weight is 302 g/mol. The summed E-state index contributed by atoms with van der Waals surface area (Å²) in [7, 11) is 0. The summed E-state index contributed by atoms with van der Waals surface area (Å²) in [6.07, 6.45) is 8.16. The van der Waals surface area contributed by atoms with E-state index in [0.717, 1.165) is 30.6 Å². The van der Waals surface area contributed by atoms with Gasteiger partial charge in [-0.1, -0.05) is 62.4 Å². The molecule has 0 atom stereocenters. The van der Waals surface area contributed by atoms with Gasteiger partial charge >= 0.3 is 0 Å². The van der Waals surface area contributed by atoms with Gasteiger partial charge in [-0.2, -0.15) is 0 Å². The zero-order chi connectivity index (χ0) is 15.4. The molecule has 0 N–H and O–H groups in total. The third-order valence-corrected chi connectivity index (χ3v) is 5.53. The predicted molar refractivity (Wildman–Crippen MR) is 89.7 cm³/mol. The van der Waals surface area contributed by atoms with Gasteiger partial charge in [0.1, 0.15) is 0 Å². The normalized spacial score (nSPS) is 32.8. The van der Waals surface area contributed by atoms with Crippen molar-refractivity contribution >= 4 is 0 Å². The summed E-state index contributed by atoms with van der Waals surface area (Å²) < 4.78 is 12.0. The molecule has 1 saturated heterocycles. The van der Waals surface area contributed by atoms with Crippen LogP contribution in [0, 0.1) is 24.7 Å². The Hall–Kier alpha value is -0.860. The summed E-state index contributed by atoms with van der Waals surface area (Å²) in [4.78, 5) is 0. The fourth-order valence-electron chi connectivity index (χ4n) is 4.06. The molecule has 0 radical (unpaired) electrons. The Morgan fingerprint density at radius 1 is 0.909 bits per heavy atom. The van der Waals surface area contributed by atoms with Crippen LogP contribution in [0.15, 0.2) is 24.3 Å². The van der Waals surface area contributed by atoms with E-state index in [-0.39, 0.29) is 6.29 Å². The Balaban J connectivity index is 1.47. The maximum Gasteiger partial charge on any atom is 0.183 e. The number of ether oxygens (including phenoxy) is 2. The van der Waals surface area contributed by atoms with E-state index in [9.17, 15) is 0 Å². The third-order valence-electron chi connectivity index (χ3n) is 5.53. The summed E-state index contributed by atoms with van der Waals surface area (Å²) in [6, 6.07) is 8.50. The van der Waals surface area contributed by atoms with E-state index < -0.39 is 0 Å². The van der Waals surface area contributed by atoms with Crippen LogP contribution >= 0.6 is 0 Å². The van der Waals surface area contributed by atoms with Crippen LogP contribution < -0.4 is 0 Å². The smallest absolute Gasteiger partial charge is 0.183 e. The molecule has 2 aliphatic rings. The maximum absolute atomic E-state index is 6.02. The number of rotatable bonds is 4.